The van der Waals surface area contributed by atoms with E-state index in [0.717, 1.165) is 11.3 Å². The van der Waals surface area contributed by atoms with Crippen LogP contribution in [0.5, 0.6) is 0 Å². The molecule has 0 spiro atoms. The molecule has 0 aliphatic heterocycles. The third kappa shape index (κ3) is 3.01. The van der Waals surface area contributed by atoms with Gasteiger partial charge < -0.3 is 0 Å². The van der Waals surface area contributed by atoms with Crippen molar-refractivity contribution in [2.75, 3.05) is 0 Å². The number of halogens is 3. The van der Waals surface area contributed by atoms with Crippen LogP contribution in [0.1, 0.15) is 5.56 Å². The molecule has 4 heteroatoms. The summed E-state index contributed by atoms with van der Waals surface area (Å²) in [7, 11) is 0. The molecule has 0 aromatic heterocycles. The fraction of sp³-hybridized carbons (Fsp3) is 0. The van der Waals surface area contributed by atoms with Crippen LogP contribution < -0.4 is 0 Å². The number of nitrogens with zero attached hydrogens (tertiary/aromatic N) is 1. The van der Waals surface area contributed by atoms with Crippen LogP contribution in [0.2, 0.25) is 15.1 Å². The van der Waals surface area contributed by atoms with Crippen molar-refractivity contribution in [3.05, 3.63) is 63.1 Å². The molecular weight excluding hydrogens is 277 g/mol. The molecule has 0 amide bonds. The molecule has 0 N–H and O–H groups in total. The first-order valence-electron chi connectivity index (χ1n) is 4.91. The Morgan fingerprint density at radius 2 is 1.53 bits per heavy atom. The summed E-state index contributed by atoms with van der Waals surface area (Å²) < 4.78 is 0. The Labute approximate surface area is 115 Å². The Morgan fingerprint density at radius 3 is 2.24 bits per heavy atom. The maximum atomic E-state index is 6.06. The van der Waals surface area contributed by atoms with E-state index < -0.39 is 0 Å². The molecule has 2 aromatic carbocycles. The summed E-state index contributed by atoms with van der Waals surface area (Å²) in [4.78, 5) is 4.30. The molecule has 2 aromatic rings. The van der Waals surface area contributed by atoms with Gasteiger partial charge >= 0.3 is 0 Å². The third-order valence-corrected chi connectivity index (χ3v) is 3.48. The maximum absolute atomic E-state index is 6.06. The van der Waals surface area contributed by atoms with Crippen molar-refractivity contribution in [2.24, 2.45) is 4.99 Å². The van der Waals surface area contributed by atoms with Crippen LogP contribution >= 0.6 is 34.8 Å². The van der Waals surface area contributed by atoms with Gasteiger partial charge in [-0.05, 0) is 18.2 Å². The molecule has 0 unspecified atom stereocenters. The Balaban J connectivity index is 2.31. The average molecular weight is 285 g/mol. The van der Waals surface area contributed by atoms with Crippen LogP contribution in [-0.2, 0) is 0 Å². The van der Waals surface area contributed by atoms with E-state index in [2.05, 4.69) is 4.99 Å². The second-order valence-corrected chi connectivity index (χ2v) is 4.52. The van der Waals surface area contributed by atoms with Gasteiger partial charge in [-0.1, -0.05) is 59.1 Å². The molecule has 0 bridgehead atoms. The van der Waals surface area contributed by atoms with E-state index >= 15 is 0 Å². The van der Waals surface area contributed by atoms with Gasteiger partial charge in [-0.2, -0.15) is 0 Å². The Kier molecular flexibility index (Phi) is 4.06. The van der Waals surface area contributed by atoms with Crippen LogP contribution in [-0.4, -0.2) is 6.21 Å². The van der Waals surface area contributed by atoms with Gasteiger partial charge in [-0.3, -0.25) is 4.99 Å². The molecular formula is C13H8Cl3N. The van der Waals surface area contributed by atoms with Crippen molar-refractivity contribution in [2.45, 2.75) is 0 Å². The number of hydrogen-bond acceptors (Lipinski definition) is 1. The lowest BCUT2D eigenvalue weighted by Gasteiger charge is -2.02. The predicted octanol–water partition coefficient (Wildman–Crippen LogP) is 5.40. The van der Waals surface area contributed by atoms with Gasteiger partial charge in [0.2, 0.25) is 0 Å². The zero-order valence-electron chi connectivity index (χ0n) is 8.70. The smallest absolute Gasteiger partial charge is 0.0785 e. The highest BCUT2D eigenvalue weighted by molar-refractivity contribution is 6.48. The molecule has 86 valence electrons. The summed E-state index contributed by atoms with van der Waals surface area (Å²) >= 11 is 17.8. The van der Waals surface area contributed by atoms with Gasteiger partial charge in [0.15, 0.2) is 0 Å². The summed E-state index contributed by atoms with van der Waals surface area (Å²) in [6, 6.07) is 13.1. The molecule has 0 fully saturated rings. The highest BCUT2D eigenvalue weighted by Gasteiger charge is 2.06. The molecule has 0 radical (unpaired) electrons. The van der Waals surface area contributed by atoms with E-state index in [9.17, 15) is 0 Å². The van der Waals surface area contributed by atoms with Crippen LogP contribution in [0.25, 0.3) is 0 Å². The summed E-state index contributed by atoms with van der Waals surface area (Å²) in [5.74, 6) is 0. The van der Waals surface area contributed by atoms with Gasteiger partial charge in [-0.15, -0.1) is 0 Å². The Hall–Kier alpha value is -1.02. The highest BCUT2D eigenvalue weighted by Crippen LogP contribution is 2.32. The van der Waals surface area contributed by atoms with Gasteiger partial charge in [0.25, 0.3) is 0 Å². The van der Waals surface area contributed by atoms with Gasteiger partial charge in [0.05, 0.1) is 20.8 Å². The summed E-state index contributed by atoms with van der Waals surface area (Å²) in [6.07, 6.45) is 1.67. The van der Waals surface area contributed by atoms with Crippen LogP contribution in [0.15, 0.2) is 47.5 Å². The first-order valence-corrected chi connectivity index (χ1v) is 6.04. The molecule has 0 atom stereocenters. The lowest BCUT2D eigenvalue weighted by molar-refractivity contribution is 1.52. The maximum Gasteiger partial charge on any atom is 0.0785 e. The van der Waals surface area contributed by atoms with E-state index in [1.807, 2.05) is 30.3 Å². The quantitative estimate of drug-likeness (QED) is 0.517. The van der Waals surface area contributed by atoms with E-state index in [0.29, 0.717) is 15.1 Å². The average Bonchev–Trinajstić information content (AvgIpc) is 2.36. The minimum atomic E-state index is 0.352. The topological polar surface area (TPSA) is 12.4 Å². The molecule has 0 heterocycles. The van der Waals surface area contributed by atoms with E-state index in [1.54, 1.807) is 18.3 Å². The zero-order chi connectivity index (χ0) is 12.3. The lowest BCUT2D eigenvalue weighted by Crippen LogP contribution is -1.84. The number of aliphatic imine (C=N–C) groups is 1. The number of rotatable bonds is 2. The van der Waals surface area contributed by atoms with Crippen molar-refractivity contribution in [3.8, 4) is 0 Å². The van der Waals surface area contributed by atoms with Crippen molar-refractivity contribution in [3.63, 3.8) is 0 Å². The van der Waals surface area contributed by atoms with E-state index in [1.165, 1.54) is 0 Å². The molecule has 0 aliphatic carbocycles. The summed E-state index contributed by atoms with van der Waals surface area (Å²) in [6.45, 7) is 0. The monoisotopic (exact) mass is 283 g/mol. The first kappa shape index (κ1) is 12.4. The lowest BCUT2D eigenvalue weighted by atomic mass is 10.2. The van der Waals surface area contributed by atoms with Crippen molar-refractivity contribution < 1.29 is 0 Å². The fourth-order valence-corrected chi connectivity index (χ4v) is 1.89. The SMILES string of the molecule is Clc1ccc(C=Nc2ccccc2)c(Cl)c1Cl. The van der Waals surface area contributed by atoms with Crippen molar-refractivity contribution >= 4 is 46.7 Å². The van der Waals surface area contributed by atoms with E-state index in [4.69, 9.17) is 34.8 Å². The van der Waals surface area contributed by atoms with Crippen molar-refractivity contribution in [1.29, 1.82) is 0 Å². The molecule has 1 nitrogen and oxygen atoms in total. The molecule has 0 saturated carbocycles. The van der Waals surface area contributed by atoms with Crippen LogP contribution in [0.4, 0.5) is 5.69 Å². The summed E-state index contributed by atoms with van der Waals surface area (Å²) in [5.41, 5.74) is 1.60. The minimum absolute atomic E-state index is 0.352. The number of hydrogen-bond donors (Lipinski definition) is 0. The van der Waals surface area contributed by atoms with Gasteiger partial charge in [0, 0.05) is 11.8 Å². The van der Waals surface area contributed by atoms with E-state index in [-0.39, 0.29) is 0 Å². The zero-order valence-corrected chi connectivity index (χ0v) is 11.0. The second kappa shape index (κ2) is 5.54. The number of benzene rings is 2. The normalized spacial score (nSPS) is 11.0. The third-order valence-electron chi connectivity index (χ3n) is 2.17. The molecule has 2 rings (SSSR count). The molecule has 0 aliphatic rings. The van der Waals surface area contributed by atoms with Crippen LogP contribution in [0.3, 0.4) is 0 Å². The van der Waals surface area contributed by atoms with Gasteiger partial charge in [0.1, 0.15) is 0 Å². The van der Waals surface area contributed by atoms with Crippen molar-refractivity contribution in [1.82, 2.24) is 0 Å². The fourth-order valence-electron chi connectivity index (χ4n) is 1.30. The Morgan fingerprint density at radius 1 is 0.824 bits per heavy atom. The standard InChI is InChI=1S/C13H8Cl3N/c14-11-7-6-9(12(15)13(11)16)8-17-10-4-2-1-3-5-10/h1-8H. The highest BCUT2D eigenvalue weighted by atomic mass is 35.5. The second-order valence-electron chi connectivity index (χ2n) is 3.36. The number of para-hydroxylation sites is 1. The summed E-state index contributed by atoms with van der Waals surface area (Å²) in [5, 5.41) is 1.21. The Bertz CT molecular complexity index is 550. The van der Waals surface area contributed by atoms with Gasteiger partial charge in [-0.25, -0.2) is 0 Å². The first-order chi connectivity index (χ1) is 8.18. The predicted molar refractivity (Wildman–Crippen MR) is 75.2 cm³/mol. The minimum Gasteiger partial charge on any atom is -0.256 e. The molecule has 17 heavy (non-hydrogen) atoms. The molecule has 0 saturated heterocycles. The largest absolute Gasteiger partial charge is 0.256 e. The van der Waals surface area contributed by atoms with Crippen LogP contribution in [0, 0.1) is 0 Å².